The van der Waals surface area contributed by atoms with Crippen LogP contribution in [0.5, 0.6) is 0 Å². The summed E-state index contributed by atoms with van der Waals surface area (Å²) in [6, 6.07) is 0. The van der Waals surface area contributed by atoms with Crippen molar-refractivity contribution in [1.82, 2.24) is 15.9 Å². The summed E-state index contributed by atoms with van der Waals surface area (Å²) in [6.45, 7) is 1.09. The maximum absolute atomic E-state index is 4.46. The van der Waals surface area contributed by atoms with E-state index in [9.17, 15) is 0 Å². The first-order chi connectivity index (χ1) is 6.88. The standard InChI is InChI=1S/C9H16N4S/c1-2-4-9(5-3-1)11-10-8-13(12-9)6-7-14-8/h11-12H,1-7H2. The largest absolute Gasteiger partial charge is 0.286 e. The Bertz CT molecular complexity index is 260. The first-order valence-corrected chi connectivity index (χ1v) is 6.40. The minimum atomic E-state index is 0.0760. The lowest BCUT2D eigenvalue weighted by atomic mass is 9.90. The first kappa shape index (κ1) is 8.85. The van der Waals surface area contributed by atoms with Gasteiger partial charge in [0.25, 0.3) is 0 Å². The van der Waals surface area contributed by atoms with Crippen molar-refractivity contribution in [2.24, 2.45) is 5.10 Å². The fraction of sp³-hybridized carbons (Fsp3) is 0.889. The Labute approximate surface area is 88.5 Å². The van der Waals surface area contributed by atoms with E-state index in [-0.39, 0.29) is 5.66 Å². The molecule has 0 unspecified atom stereocenters. The fourth-order valence-electron chi connectivity index (χ4n) is 2.42. The molecule has 2 heterocycles. The number of hydrazone groups is 1. The van der Waals surface area contributed by atoms with Crippen molar-refractivity contribution < 1.29 is 0 Å². The molecule has 2 aliphatic heterocycles. The Hall–Kier alpha value is -0.420. The van der Waals surface area contributed by atoms with Crippen molar-refractivity contribution in [2.75, 3.05) is 12.3 Å². The molecule has 1 saturated heterocycles. The molecule has 0 amide bonds. The van der Waals surface area contributed by atoms with Crippen molar-refractivity contribution in [3.63, 3.8) is 0 Å². The van der Waals surface area contributed by atoms with Gasteiger partial charge in [-0.2, -0.15) is 5.10 Å². The predicted molar refractivity (Wildman–Crippen MR) is 58.7 cm³/mol. The van der Waals surface area contributed by atoms with Crippen LogP contribution < -0.4 is 10.9 Å². The van der Waals surface area contributed by atoms with Crippen molar-refractivity contribution in [2.45, 2.75) is 37.8 Å². The van der Waals surface area contributed by atoms with E-state index in [0.29, 0.717) is 0 Å². The van der Waals surface area contributed by atoms with Gasteiger partial charge in [-0.15, -0.1) is 0 Å². The van der Waals surface area contributed by atoms with E-state index in [0.717, 1.165) is 17.5 Å². The second-order valence-electron chi connectivity index (χ2n) is 4.26. The van der Waals surface area contributed by atoms with Crippen molar-refractivity contribution >= 4 is 16.9 Å². The summed E-state index contributed by atoms with van der Waals surface area (Å²) in [7, 11) is 0. The van der Waals surface area contributed by atoms with Gasteiger partial charge in [0, 0.05) is 12.3 Å². The van der Waals surface area contributed by atoms with Crippen molar-refractivity contribution in [1.29, 1.82) is 0 Å². The lowest BCUT2D eigenvalue weighted by Crippen LogP contribution is -2.65. The third-order valence-corrected chi connectivity index (χ3v) is 4.16. The molecule has 5 heteroatoms. The number of rotatable bonds is 0. The lowest BCUT2D eigenvalue weighted by molar-refractivity contribution is 0.0887. The van der Waals surface area contributed by atoms with E-state index in [1.54, 1.807) is 0 Å². The van der Waals surface area contributed by atoms with Crippen LogP contribution in [0.25, 0.3) is 0 Å². The van der Waals surface area contributed by atoms with Crippen LogP contribution in [0.15, 0.2) is 5.10 Å². The molecule has 1 aliphatic carbocycles. The molecule has 1 spiro atoms. The quantitative estimate of drug-likeness (QED) is 0.630. The molecular formula is C9H16N4S. The Kier molecular flexibility index (Phi) is 2.09. The monoisotopic (exact) mass is 212 g/mol. The van der Waals surface area contributed by atoms with Crippen LogP contribution in [0.3, 0.4) is 0 Å². The molecular weight excluding hydrogens is 196 g/mol. The molecule has 78 valence electrons. The van der Waals surface area contributed by atoms with E-state index in [2.05, 4.69) is 21.0 Å². The van der Waals surface area contributed by atoms with E-state index >= 15 is 0 Å². The normalized spacial score (nSPS) is 29.7. The number of thioether (sulfide) groups is 1. The van der Waals surface area contributed by atoms with Gasteiger partial charge in [0.1, 0.15) is 5.66 Å². The van der Waals surface area contributed by atoms with E-state index in [1.165, 1.54) is 32.1 Å². The zero-order valence-electron chi connectivity index (χ0n) is 8.25. The third-order valence-electron chi connectivity index (χ3n) is 3.20. The van der Waals surface area contributed by atoms with Crippen LogP contribution in [-0.4, -0.2) is 28.1 Å². The van der Waals surface area contributed by atoms with E-state index in [1.807, 2.05) is 11.8 Å². The molecule has 14 heavy (non-hydrogen) atoms. The average Bonchev–Trinajstić information content (AvgIpc) is 2.66. The molecule has 0 aromatic heterocycles. The maximum Gasteiger partial charge on any atom is 0.197 e. The number of fused-ring (bicyclic) bond motifs is 1. The van der Waals surface area contributed by atoms with Gasteiger partial charge in [0.2, 0.25) is 0 Å². The third kappa shape index (κ3) is 1.39. The highest BCUT2D eigenvalue weighted by atomic mass is 32.2. The molecule has 3 rings (SSSR count). The zero-order chi connectivity index (χ0) is 9.43. The Morgan fingerprint density at radius 2 is 2.14 bits per heavy atom. The fourth-order valence-corrected chi connectivity index (χ4v) is 3.27. The molecule has 4 nitrogen and oxygen atoms in total. The topological polar surface area (TPSA) is 39.7 Å². The average molecular weight is 212 g/mol. The van der Waals surface area contributed by atoms with Gasteiger partial charge in [0.05, 0.1) is 0 Å². The van der Waals surface area contributed by atoms with Gasteiger partial charge < -0.3 is 0 Å². The van der Waals surface area contributed by atoms with Crippen LogP contribution in [0.4, 0.5) is 0 Å². The van der Waals surface area contributed by atoms with Gasteiger partial charge in [-0.1, -0.05) is 18.2 Å². The van der Waals surface area contributed by atoms with Gasteiger partial charge in [-0.3, -0.25) is 10.4 Å². The summed E-state index contributed by atoms with van der Waals surface area (Å²) in [4.78, 5) is 0. The van der Waals surface area contributed by atoms with E-state index in [4.69, 9.17) is 0 Å². The molecule has 0 aromatic rings. The molecule has 2 N–H and O–H groups in total. The molecule has 0 radical (unpaired) electrons. The predicted octanol–water partition coefficient (Wildman–Crippen LogP) is 1.07. The summed E-state index contributed by atoms with van der Waals surface area (Å²) in [6.07, 6.45) is 6.39. The Morgan fingerprint density at radius 3 is 3.00 bits per heavy atom. The molecule has 2 fully saturated rings. The zero-order valence-corrected chi connectivity index (χ0v) is 9.07. The van der Waals surface area contributed by atoms with Gasteiger partial charge in [0.15, 0.2) is 5.17 Å². The number of nitrogens with one attached hydrogen (secondary N) is 2. The summed E-state index contributed by atoms with van der Waals surface area (Å²) < 4.78 is 0. The minimum Gasteiger partial charge on any atom is -0.286 e. The van der Waals surface area contributed by atoms with E-state index < -0.39 is 0 Å². The summed E-state index contributed by atoms with van der Waals surface area (Å²) in [5.41, 5.74) is 7.00. The first-order valence-electron chi connectivity index (χ1n) is 5.41. The minimum absolute atomic E-state index is 0.0760. The smallest absolute Gasteiger partial charge is 0.197 e. The Morgan fingerprint density at radius 1 is 1.29 bits per heavy atom. The van der Waals surface area contributed by atoms with Crippen LogP contribution in [0.1, 0.15) is 32.1 Å². The van der Waals surface area contributed by atoms with Crippen LogP contribution >= 0.6 is 11.8 Å². The highest BCUT2D eigenvalue weighted by Crippen LogP contribution is 2.30. The van der Waals surface area contributed by atoms with Crippen LogP contribution in [-0.2, 0) is 0 Å². The number of amidine groups is 1. The highest BCUT2D eigenvalue weighted by Gasteiger charge is 2.38. The van der Waals surface area contributed by atoms with Crippen molar-refractivity contribution in [3.8, 4) is 0 Å². The Balaban J connectivity index is 1.78. The maximum atomic E-state index is 4.46. The van der Waals surface area contributed by atoms with Crippen LogP contribution in [0, 0.1) is 0 Å². The number of hydrazine groups is 1. The van der Waals surface area contributed by atoms with Gasteiger partial charge >= 0.3 is 0 Å². The number of hydrogen-bond acceptors (Lipinski definition) is 5. The number of hydrogen-bond donors (Lipinski definition) is 2. The second kappa shape index (κ2) is 3.31. The number of nitrogens with zero attached hydrogens (tertiary/aromatic N) is 2. The molecule has 0 atom stereocenters. The lowest BCUT2D eigenvalue weighted by Gasteiger charge is -2.43. The van der Waals surface area contributed by atoms with Gasteiger partial charge in [-0.25, -0.2) is 5.43 Å². The second-order valence-corrected chi connectivity index (χ2v) is 5.32. The summed E-state index contributed by atoms with van der Waals surface area (Å²) in [5.74, 6) is 1.16. The van der Waals surface area contributed by atoms with Crippen molar-refractivity contribution in [3.05, 3.63) is 0 Å². The SMILES string of the molecule is C1CCC2(CC1)NN=C1SCCN1N2. The highest BCUT2D eigenvalue weighted by molar-refractivity contribution is 8.14. The molecule has 3 aliphatic rings. The van der Waals surface area contributed by atoms with Gasteiger partial charge in [-0.05, 0) is 25.7 Å². The summed E-state index contributed by atoms with van der Waals surface area (Å²) in [5, 5.41) is 7.79. The van der Waals surface area contributed by atoms with Crippen LogP contribution in [0.2, 0.25) is 0 Å². The summed E-state index contributed by atoms with van der Waals surface area (Å²) >= 11 is 1.82. The molecule has 0 aromatic carbocycles. The molecule has 0 bridgehead atoms. The molecule has 1 saturated carbocycles.